The quantitative estimate of drug-likeness (QED) is 0.664. The Kier molecular flexibility index (Phi) is 1.93. The third kappa shape index (κ3) is 1.59. The van der Waals surface area contributed by atoms with Gasteiger partial charge in [0.15, 0.2) is 0 Å². The number of aryl methyl sites for hydroxylation is 1. The molecule has 3 aliphatic rings. The Morgan fingerprint density at radius 1 is 1.06 bits per heavy atom. The fourth-order valence-corrected chi connectivity index (χ4v) is 2.97. The molecule has 0 bridgehead atoms. The number of hydrogen-bond donors (Lipinski definition) is 0. The van der Waals surface area contributed by atoms with Crippen LogP contribution < -0.4 is 0 Å². The highest BCUT2D eigenvalue weighted by molar-refractivity contribution is 5.77. The maximum atomic E-state index is 2.46. The molecule has 3 aliphatic carbocycles. The van der Waals surface area contributed by atoms with Crippen LogP contribution in [-0.4, -0.2) is 0 Å². The zero-order valence-electron chi connectivity index (χ0n) is 9.89. The van der Waals surface area contributed by atoms with Crippen molar-refractivity contribution in [2.75, 3.05) is 0 Å². The van der Waals surface area contributed by atoms with Crippen LogP contribution in [-0.2, 0) is 6.42 Å². The van der Waals surface area contributed by atoms with E-state index < -0.39 is 0 Å². The van der Waals surface area contributed by atoms with Gasteiger partial charge in [-0.1, -0.05) is 48.6 Å². The zero-order valence-corrected chi connectivity index (χ0v) is 9.89. The summed E-state index contributed by atoms with van der Waals surface area (Å²) < 4.78 is 0. The summed E-state index contributed by atoms with van der Waals surface area (Å²) in [6.45, 7) is 0. The molecule has 0 heteroatoms. The smallest absolute Gasteiger partial charge is 0.0155 e. The first-order chi connectivity index (χ1) is 8.40. The maximum absolute atomic E-state index is 2.46. The molecule has 0 aromatic heterocycles. The van der Waals surface area contributed by atoms with Crippen LogP contribution in [0.5, 0.6) is 0 Å². The topological polar surface area (TPSA) is 0 Å². The number of benzene rings is 1. The van der Waals surface area contributed by atoms with Crippen molar-refractivity contribution in [1.82, 2.24) is 0 Å². The summed E-state index contributed by atoms with van der Waals surface area (Å²) >= 11 is 0. The first-order valence-electron chi connectivity index (χ1n) is 6.60. The van der Waals surface area contributed by atoms with E-state index in [1.54, 1.807) is 0 Å². The van der Waals surface area contributed by atoms with E-state index in [0.717, 1.165) is 11.8 Å². The standard InChI is InChI=1S/C17H16/c1-2-4-13-9-14(6-5-12(13)3-1)15-7-8-16-11-17(16)10-15/h1,3,5-10,16-17H,2,4,11H2. The maximum Gasteiger partial charge on any atom is -0.0155 e. The Hall–Kier alpha value is -1.56. The number of fused-ring (bicyclic) bond motifs is 2. The van der Waals surface area contributed by atoms with E-state index in [1.165, 1.54) is 41.5 Å². The Morgan fingerprint density at radius 3 is 3.00 bits per heavy atom. The van der Waals surface area contributed by atoms with Gasteiger partial charge in [-0.2, -0.15) is 0 Å². The number of allylic oxidation sites excluding steroid dienone is 5. The van der Waals surface area contributed by atoms with E-state index in [4.69, 9.17) is 0 Å². The SMILES string of the molecule is C1=Cc2ccc(C3=CC4CC4C=C3)cc2CC1. The second kappa shape index (κ2) is 3.46. The minimum absolute atomic E-state index is 0.839. The summed E-state index contributed by atoms with van der Waals surface area (Å²) in [5.41, 5.74) is 5.75. The second-order valence-electron chi connectivity index (χ2n) is 5.40. The summed E-state index contributed by atoms with van der Waals surface area (Å²) in [6, 6.07) is 6.93. The molecule has 17 heavy (non-hydrogen) atoms. The molecule has 0 N–H and O–H groups in total. The molecule has 0 aliphatic heterocycles. The fraction of sp³-hybridized carbons (Fsp3) is 0.294. The summed E-state index contributed by atoms with van der Waals surface area (Å²) in [4.78, 5) is 0. The Balaban J connectivity index is 1.75. The molecule has 0 saturated heterocycles. The zero-order chi connectivity index (χ0) is 11.2. The van der Waals surface area contributed by atoms with Crippen molar-refractivity contribution in [3.05, 3.63) is 59.2 Å². The van der Waals surface area contributed by atoms with E-state index in [9.17, 15) is 0 Å². The van der Waals surface area contributed by atoms with E-state index in [-0.39, 0.29) is 0 Å². The molecule has 4 rings (SSSR count). The summed E-state index contributed by atoms with van der Waals surface area (Å²) in [5, 5.41) is 0. The summed E-state index contributed by atoms with van der Waals surface area (Å²) in [5.74, 6) is 1.70. The van der Waals surface area contributed by atoms with Crippen LogP contribution in [0.3, 0.4) is 0 Å². The first kappa shape index (κ1) is 9.47. The van der Waals surface area contributed by atoms with Gasteiger partial charge in [-0.15, -0.1) is 0 Å². The lowest BCUT2D eigenvalue weighted by molar-refractivity contribution is 0.977. The molecule has 1 saturated carbocycles. The van der Waals surface area contributed by atoms with Crippen LogP contribution in [0.4, 0.5) is 0 Å². The van der Waals surface area contributed by atoms with Gasteiger partial charge in [0, 0.05) is 0 Å². The van der Waals surface area contributed by atoms with Crippen molar-refractivity contribution < 1.29 is 0 Å². The third-order valence-electron chi connectivity index (χ3n) is 4.16. The van der Waals surface area contributed by atoms with Crippen molar-refractivity contribution in [1.29, 1.82) is 0 Å². The van der Waals surface area contributed by atoms with Crippen LogP contribution in [0.2, 0.25) is 0 Å². The highest BCUT2D eigenvalue weighted by Gasteiger charge is 2.35. The number of rotatable bonds is 1. The Bertz CT molecular complexity index is 557. The lowest BCUT2D eigenvalue weighted by atomic mass is 9.91. The van der Waals surface area contributed by atoms with Crippen molar-refractivity contribution in [2.45, 2.75) is 19.3 Å². The van der Waals surface area contributed by atoms with E-state index in [0.29, 0.717) is 0 Å². The minimum atomic E-state index is 0.839. The van der Waals surface area contributed by atoms with Gasteiger partial charge in [-0.3, -0.25) is 0 Å². The van der Waals surface area contributed by atoms with Crippen LogP contribution in [0.15, 0.2) is 42.5 Å². The molecule has 1 fully saturated rings. The molecule has 2 atom stereocenters. The van der Waals surface area contributed by atoms with Crippen molar-refractivity contribution in [2.24, 2.45) is 11.8 Å². The van der Waals surface area contributed by atoms with E-state index in [2.05, 4.69) is 48.6 Å². The predicted octanol–water partition coefficient (Wildman–Crippen LogP) is 4.24. The number of hydrogen-bond acceptors (Lipinski definition) is 0. The van der Waals surface area contributed by atoms with Gasteiger partial charge in [0.05, 0.1) is 0 Å². The van der Waals surface area contributed by atoms with Gasteiger partial charge < -0.3 is 0 Å². The molecule has 0 amide bonds. The third-order valence-corrected chi connectivity index (χ3v) is 4.16. The molecule has 1 aromatic carbocycles. The molecular formula is C17H16. The summed E-state index contributed by atoms with van der Waals surface area (Å²) in [6.07, 6.45) is 15.5. The second-order valence-corrected chi connectivity index (χ2v) is 5.40. The minimum Gasteiger partial charge on any atom is -0.0836 e. The van der Waals surface area contributed by atoms with Crippen LogP contribution in [0.25, 0.3) is 11.6 Å². The van der Waals surface area contributed by atoms with Gasteiger partial charge in [0.25, 0.3) is 0 Å². The van der Waals surface area contributed by atoms with Crippen molar-refractivity contribution in [3.63, 3.8) is 0 Å². The Labute approximate surface area is 102 Å². The average molecular weight is 220 g/mol. The molecule has 0 nitrogen and oxygen atoms in total. The molecular weight excluding hydrogens is 204 g/mol. The first-order valence-corrected chi connectivity index (χ1v) is 6.60. The van der Waals surface area contributed by atoms with Crippen molar-refractivity contribution >= 4 is 11.6 Å². The van der Waals surface area contributed by atoms with E-state index in [1.807, 2.05) is 0 Å². The highest BCUT2D eigenvalue weighted by atomic mass is 14.4. The highest BCUT2D eigenvalue weighted by Crippen LogP contribution is 2.46. The lowest BCUT2D eigenvalue weighted by Crippen LogP contribution is -1.96. The molecule has 84 valence electrons. The monoisotopic (exact) mass is 220 g/mol. The molecule has 1 aromatic rings. The van der Waals surface area contributed by atoms with Gasteiger partial charge in [0.2, 0.25) is 0 Å². The molecule has 0 spiro atoms. The van der Waals surface area contributed by atoms with Gasteiger partial charge in [-0.05, 0) is 53.4 Å². The van der Waals surface area contributed by atoms with Gasteiger partial charge in [0.1, 0.15) is 0 Å². The van der Waals surface area contributed by atoms with Gasteiger partial charge >= 0.3 is 0 Å². The Morgan fingerprint density at radius 2 is 2.06 bits per heavy atom. The molecule has 0 radical (unpaired) electrons. The normalized spacial score (nSPS) is 28.4. The molecule has 2 unspecified atom stereocenters. The average Bonchev–Trinajstić information content (AvgIpc) is 3.16. The van der Waals surface area contributed by atoms with Crippen LogP contribution >= 0.6 is 0 Å². The lowest BCUT2D eigenvalue weighted by Gasteiger charge is -2.13. The van der Waals surface area contributed by atoms with Crippen molar-refractivity contribution in [3.8, 4) is 0 Å². The van der Waals surface area contributed by atoms with Crippen LogP contribution in [0.1, 0.15) is 29.5 Å². The summed E-state index contributed by atoms with van der Waals surface area (Å²) in [7, 11) is 0. The van der Waals surface area contributed by atoms with Gasteiger partial charge in [-0.25, -0.2) is 0 Å². The fourth-order valence-electron chi connectivity index (χ4n) is 2.97. The van der Waals surface area contributed by atoms with Crippen LogP contribution in [0, 0.1) is 11.8 Å². The molecule has 0 heterocycles. The largest absolute Gasteiger partial charge is 0.0836 e. The predicted molar refractivity (Wildman–Crippen MR) is 72.5 cm³/mol. The van der Waals surface area contributed by atoms with E-state index >= 15 is 0 Å².